The second-order valence-corrected chi connectivity index (χ2v) is 5.83. The molecule has 0 spiro atoms. The first-order valence-electron chi connectivity index (χ1n) is 8.48. The molecule has 0 aliphatic carbocycles. The van der Waals surface area contributed by atoms with Gasteiger partial charge in [0, 0.05) is 38.1 Å². The highest BCUT2D eigenvalue weighted by Gasteiger charge is 2.06. The van der Waals surface area contributed by atoms with Gasteiger partial charge in [0.25, 0.3) is 0 Å². The lowest BCUT2D eigenvalue weighted by atomic mass is 10.2. The molecule has 1 aromatic heterocycles. The van der Waals surface area contributed by atoms with Gasteiger partial charge in [0.2, 0.25) is 0 Å². The number of guanidine groups is 1. The van der Waals surface area contributed by atoms with Crippen LogP contribution in [0.1, 0.15) is 17.0 Å². The van der Waals surface area contributed by atoms with Crippen LogP contribution in [-0.4, -0.2) is 22.6 Å². The maximum Gasteiger partial charge on any atom is 0.191 e. The lowest BCUT2D eigenvalue weighted by Gasteiger charge is -2.13. The van der Waals surface area contributed by atoms with Gasteiger partial charge in [0.15, 0.2) is 5.96 Å². The van der Waals surface area contributed by atoms with Crippen LogP contribution in [-0.2, 0) is 19.6 Å². The summed E-state index contributed by atoms with van der Waals surface area (Å²) in [5.41, 5.74) is 1.81. The number of hydrogen-bond acceptors (Lipinski definition) is 2. The second-order valence-electron chi connectivity index (χ2n) is 5.83. The minimum Gasteiger partial charge on any atom is -0.352 e. The molecule has 1 heterocycles. The molecule has 6 heteroatoms. The summed E-state index contributed by atoms with van der Waals surface area (Å²) < 4.78 is 15.8. The van der Waals surface area contributed by atoms with Crippen molar-refractivity contribution in [1.29, 1.82) is 0 Å². The molecule has 0 aliphatic heterocycles. The first-order valence-corrected chi connectivity index (χ1v) is 8.48. The van der Waals surface area contributed by atoms with Crippen molar-refractivity contribution in [2.45, 2.75) is 19.6 Å². The van der Waals surface area contributed by atoms with Crippen LogP contribution in [0.2, 0.25) is 0 Å². The second kappa shape index (κ2) is 8.80. The minimum atomic E-state index is -0.228. The lowest BCUT2D eigenvalue weighted by molar-refractivity contribution is 0.604. The normalized spacial score (nSPS) is 11.4. The molecule has 0 saturated carbocycles. The van der Waals surface area contributed by atoms with Crippen molar-refractivity contribution in [2.24, 2.45) is 4.99 Å². The fourth-order valence-electron chi connectivity index (χ4n) is 2.64. The topological polar surface area (TPSA) is 54.2 Å². The highest BCUT2D eigenvalue weighted by Crippen LogP contribution is 2.06. The Kier molecular flexibility index (Phi) is 5.98. The Morgan fingerprint density at radius 1 is 1.04 bits per heavy atom. The van der Waals surface area contributed by atoms with Crippen LogP contribution in [0.3, 0.4) is 0 Å². The zero-order valence-corrected chi connectivity index (χ0v) is 14.7. The number of rotatable bonds is 6. The molecular weight excluding hydrogens is 329 g/mol. The van der Waals surface area contributed by atoms with Gasteiger partial charge in [-0.05, 0) is 11.6 Å². The van der Waals surface area contributed by atoms with E-state index in [1.807, 2.05) is 30.5 Å². The summed E-state index contributed by atoms with van der Waals surface area (Å²) in [6, 6.07) is 16.9. The third kappa shape index (κ3) is 4.69. The molecule has 0 aliphatic rings. The molecule has 0 unspecified atom stereocenters. The van der Waals surface area contributed by atoms with Crippen LogP contribution in [0.4, 0.5) is 4.39 Å². The van der Waals surface area contributed by atoms with Gasteiger partial charge in [-0.25, -0.2) is 9.37 Å². The van der Waals surface area contributed by atoms with Gasteiger partial charge in [-0.15, -0.1) is 0 Å². The van der Waals surface area contributed by atoms with E-state index in [2.05, 4.69) is 37.3 Å². The van der Waals surface area contributed by atoms with Gasteiger partial charge in [0.05, 0.1) is 6.54 Å². The van der Waals surface area contributed by atoms with Gasteiger partial charge in [-0.1, -0.05) is 48.5 Å². The van der Waals surface area contributed by atoms with Crippen LogP contribution in [0.15, 0.2) is 72.0 Å². The van der Waals surface area contributed by atoms with Gasteiger partial charge >= 0.3 is 0 Å². The molecule has 26 heavy (non-hydrogen) atoms. The highest BCUT2D eigenvalue weighted by molar-refractivity contribution is 5.79. The van der Waals surface area contributed by atoms with Crippen molar-refractivity contribution < 1.29 is 4.39 Å². The van der Waals surface area contributed by atoms with Crippen molar-refractivity contribution in [3.63, 3.8) is 0 Å². The average molecular weight is 351 g/mol. The molecule has 0 atom stereocenters. The number of imidazole rings is 1. The molecule has 2 N–H and O–H groups in total. The van der Waals surface area contributed by atoms with Gasteiger partial charge < -0.3 is 15.2 Å². The smallest absolute Gasteiger partial charge is 0.191 e. The number of aliphatic imine (C=N–C) groups is 1. The van der Waals surface area contributed by atoms with Crippen molar-refractivity contribution in [3.05, 3.63) is 89.8 Å². The van der Waals surface area contributed by atoms with Crippen LogP contribution in [0.5, 0.6) is 0 Å². The SMILES string of the molecule is CN=C(NCc1ccccc1F)NCc1nccn1Cc1ccccc1. The van der Waals surface area contributed by atoms with Gasteiger partial charge in [-0.3, -0.25) is 4.99 Å². The molecule has 3 aromatic rings. The van der Waals surface area contributed by atoms with E-state index in [0.29, 0.717) is 24.6 Å². The van der Waals surface area contributed by atoms with E-state index in [9.17, 15) is 4.39 Å². The molecule has 3 rings (SSSR count). The summed E-state index contributed by atoms with van der Waals surface area (Å²) in [5, 5.41) is 6.34. The van der Waals surface area contributed by atoms with Gasteiger partial charge in [-0.2, -0.15) is 0 Å². The van der Waals surface area contributed by atoms with E-state index in [1.165, 1.54) is 11.6 Å². The number of halogens is 1. The molecule has 0 fully saturated rings. The molecule has 134 valence electrons. The number of nitrogens with zero attached hydrogens (tertiary/aromatic N) is 3. The summed E-state index contributed by atoms with van der Waals surface area (Å²) in [6.45, 7) is 1.65. The maximum absolute atomic E-state index is 13.7. The maximum atomic E-state index is 13.7. The van der Waals surface area contributed by atoms with Crippen molar-refractivity contribution >= 4 is 5.96 Å². The molecular formula is C20H22FN5. The Labute approximate surface area is 152 Å². The monoisotopic (exact) mass is 351 g/mol. The zero-order valence-electron chi connectivity index (χ0n) is 14.7. The average Bonchev–Trinajstić information content (AvgIpc) is 3.11. The third-order valence-corrected chi connectivity index (χ3v) is 4.04. The predicted molar refractivity (Wildman–Crippen MR) is 101 cm³/mol. The Hall–Kier alpha value is -3.15. The number of aromatic nitrogens is 2. The molecule has 0 amide bonds. The molecule has 5 nitrogen and oxygen atoms in total. The van der Waals surface area contributed by atoms with E-state index >= 15 is 0 Å². The largest absolute Gasteiger partial charge is 0.352 e. The van der Waals surface area contributed by atoms with Crippen molar-refractivity contribution in [1.82, 2.24) is 20.2 Å². The Morgan fingerprint density at radius 2 is 1.77 bits per heavy atom. The van der Waals surface area contributed by atoms with E-state index in [4.69, 9.17) is 0 Å². The first-order chi connectivity index (χ1) is 12.8. The highest BCUT2D eigenvalue weighted by atomic mass is 19.1. The van der Waals surface area contributed by atoms with Crippen molar-refractivity contribution in [3.8, 4) is 0 Å². The quantitative estimate of drug-likeness (QED) is 0.530. The van der Waals surface area contributed by atoms with Crippen LogP contribution < -0.4 is 10.6 Å². The predicted octanol–water partition coefficient (Wildman–Crippen LogP) is 2.94. The van der Waals surface area contributed by atoms with Gasteiger partial charge in [0.1, 0.15) is 11.6 Å². The van der Waals surface area contributed by atoms with Crippen LogP contribution in [0.25, 0.3) is 0 Å². The summed E-state index contributed by atoms with van der Waals surface area (Å²) >= 11 is 0. The molecule has 0 bridgehead atoms. The van der Waals surface area contributed by atoms with Crippen molar-refractivity contribution in [2.75, 3.05) is 7.05 Å². The fraction of sp³-hybridized carbons (Fsp3) is 0.200. The van der Waals surface area contributed by atoms with E-state index in [-0.39, 0.29) is 5.82 Å². The number of benzene rings is 2. The standard InChI is InChI=1S/C20H22FN5/c1-22-20(24-13-17-9-5-6-10-18(17)21)25-14-19-23-11-12-26(19)15-16-7-3-2-4-8-16/h2-12H,13-15H2,1H3,(H2,22,24,25). The fourth-order valence-corrected chi connectivity index (χ4v) is 2.64. The lowest BCUT2D eigenvalue weighted by Crippen LogP contribution is -2.37. The summed E-state index contributed by atoms with van der Waals surface area (Å²) in [4.78, 5) is 8.59. The Balaban J connectivity index is 1.56. The molecule has 0 saturated heterocycles. The Bertz CT molecular complexity index is 857. The third-order valence-electron chi connectivity index (χ3n) is 4.04. The van der Waals surface area contributed by atoms with Crippen LogP contribution in [0, 0.1) is 5.82 Å². The Morgan fingerprint density at radius 3 is 2.54 bits per heavy atom. The first kappa shape index (κ1) is 17.7. The summed E-state index contributed by atoms with van der Waals surface area (Å²) in [5.74, 6) is 1.28. The van der Waals surface area contributed by atoms with Crippen LogP contribution >= 0.6 is 0 Å². The molecule has 2 aromatic carbocycles. The summed E-state index contributed by atoms with van der Waals surface area (Å²) in [6.07, 6.45) is 3.75. The number of nitrogens with one attached hydrogen (secondary N) is 2. The van der Waals surface area contributed by atoms with E-state index in [0.717, 1.165) is 12.4 Å². The number of hydrogen-bond donors (Lipinski definition) is 2. The zero-order chi connectivity index (χ0) is 18.2. The summed E-state index contributed by atoms with van der Waals surface area (Å²) in [7, 11) is 1.69. The molecule has 0 radical (unpaired) electrons. The van der Waals surface area contributed by atoms with E-state index < -0.39 is 0 Å². The minimum absolute atomic E-state index is 0.228. The van der Waals surface area contributed by atoms with E-state index in [1.54, 1.807) is 25.4 Å².